The van der Waals surface area contributed by atoms with Gasteiger partial charge in [-0.1, -0.05) is 41.9 Å². The largest absolute Gasteiger partial charge is 0.379 e. The van der Waals surface area contributed by atoms with Gasteiger partial charge in [-0.25, -0.2) is 13.1 Å². The Morgan fingerprint density at radius 2 is 1.63 bits per heavy atom. The van der Waals surface area contributed by atoms with Gasteiger partial charge in [0.05, 0.1) is 9.82 Å². The van der Waals surface area contributed by atoms with E-state index in [0.29, 0.717) is 23.0 Å². The van der Waals surface area contributed by atoms with Crippen LogP contribution in [0.3, 0.4) is 0 Å². The van der Waals surface area contributed by atoms with Crippen LogP contribution in [-0.2, 0) is 14.8 Å². The highest BCUT2D eigenvalue weighted by Gasteiger charge is 2.24. The normalized spacial score (nSPS) is 11.2. The minimum atomic E-state index is -4.43. The van der Waals surface area contributed by atoms with Crippen LogP contribution in [0, 0.1) is 10.1 Å². The molecule has 13 heteroatoms. The van der Waals surface area contributed by atoms with Crippen LogP contribution in [0.1, 0.15) is 15.9 Å². The number of nitro groups is 1. The minimum absolute atomic E-state index is 0.00184. The number of thioether (sulfide) groups is 1. The Morgan fingerprint density at radius 3 is 2.30 bits per heavy atom. The molecule has 0 aromatic heterocycles. The molecule has 0 aliphatic carbocycles. The van der Waals surface area contributed by atoms with E-state index < -0.39 is 37.3 Å². The quantitative estimate of drug-likeness (QED) is 0.0546. The Morgan fingerprint density at radius 1 is 0.930 bits per heavy atom. The Kier molecular flexibility index (Phi) is 10.5. The maximum Gasteiger partial charge on any atom is 0.293 e. The number of halogens is 1. The van der Waals surface area contributed by atoms with Gasteiger partial charge in [0.2, 0.25) is 5.91 Å². The third kappa shape index (κ3) is 9.17. The second kappa shape index (κ2) is 14.5. The summed E-state index contributed by atoms with van der Waals surface area (Å²) in [6.07, 6.45) is 2.94. The molecule has 4 aromatic rings. The average Bonchev–Trinajstić information content (AvgIpc) is 2.99. The summed E-state index contributed by atoms with van der Waals surface area (Å²) in [5, 5.41) is 17.9. The SMILES string of the molecule is O=C(C=Cc1ccc(Cl)cc1)Nc1ccc(C(=O)NS(=O)(=O)c2ccc(NCCSc3ccccc3)c([N+](=O)[O-])c2)cc1. The Bertz CT molecular complexity index is 1750. The third-order valence-electron chi connectivity index (χ3n) is 5.84. The van der Waals surface area contributed by atoms with Crippen molar-refractivity contribution in [2.75, 3.05) is 22.9 Å². The number of anilines is 2. The molecule has 0 heterocycles. The van der Waals surface area contributed by atoms with Gasteiger partial charge in [-0.2, -0.15) is 0 Å². The second-order valence-corrected chi connectivity index (χ2v) is 12.2. The fourth-order valence-corrected chi connectivity index (χ4v) is 5.63. The molecule has 4 aromatic carbocycles. The maximum atomic E-state index is 12.9. The Balaban J connectivity index is 1.35. The van der Waals surface area contributed by atoms with Crippen LogP contribution in [-0.4, -0.2) is 37.5 Å². The van der Waals surface area contributed by atoms with Crippen molar-refractivity contribution in [2.24, 2.45) is 0 Å². The predicted molar refractivity (Wildman–Crippen MR) is 169 cm³/mol. The van der Waals surface area contributed by atoms with Gasteiger partial charge in [-0.15, -0.1) is 11.8 Å². The number of rotatable bonds is 12. The Hall–Kier alpha value is -4.65. The molecule has 4 rings (SSSR count). The van der Waals surface area contributed by atoms with Crippen LogP contribution >= 0.6 is 23.4 Å². The van der Waals surface area contributed by atoms with E-state index in [4.69, 9.17) is 11.6 Å². The fourth-order valence-electron chi connectivity index (χ4n) is 3.73. The highest BCUT2D eigenvalue weighted by atomic mass is 35.5. The summed E-state index contributed by atoms with van der Waals surface area (Å²) in [5.74, 6) is -0.729. The van der Waals surface area contributed by atoms with Gasteiger partial charge in [0.15, 0.2) is 0 Å². The summed E-state index contributed by atoms with van der Waals surface area (Å²) in [5.41, 5.74) is 0.879. The lowest BCUT2D eigenvalue weighted by atomic mass is 10.2. The summed E-state index contributed by atoms with van der Waals surface area (Å²) in [6, 6.07) is 25.5. The van der Waals surface area contributed by atoms with Gasteiger partial charge in [-0.3, -0.25) is 19.7 Å². The number of benzene rings is 4. The summed E-state index contributed by atoms with van der Waals surface area (Å²) >= 11 is 7.42. The first-order valence-corrected chi connectivity index (χ1v) is 15.6. The average molecular weight is 637 g/mol. The third-order valence-corrected chi connectivity index (χ3v) is 8.44. The van der Waals surface area contributed by atoms with Crippen LogP contribution < -0.4 is 15.4 Å². The van der Waals surface area contributed by atoms with E-state index in [-0.39, 0.29) is 11.3 Å². The number of nitrogens with zero attached hydrogens (tertiary/aromatic N) is 1. The molecule has 0 fully saturated rings. The molecule has 0 bridgehead atoms. The maximum absolute atomic E-state index is 12.9. The van der Waals surface area contributed by atoms with E-state index in [0.717, 1.165) is 16.5 Å². The van der Waals surface area contributed by atoms with Crippen LogP contribution in [0.4, 0.5) is 17.1 Å². The van der Waals surface area contributed by atoms with Gasteiger partial charge in [0, 0.05) is 45.6 Å². The van der Waals surface area contributed by atoms with Crippen molar-refractivity contribution in [1.29, 1.82) is 0 Å². The highest BCUT2D eigenvalue weighted by molar-refractivity contribution is 7.99. The van der Waals surface area contributed by atoms with E-state index in [1.54, 1.807) is 42.1 Å². The molecule has 43 heavy (non-hydrogen) atoms. The molecule has 2 amide bonds. The van der Waals surface area contributed by atoms with Gasteiger partial charge >= 0.3 is 0 Å². The first-order valence-electron chi connectivity index (χ1n) is 12.7. The van der Waals surface area contributed by atoms with Crippen molar-refractivity contribution in [2.45, 2.75) is 9.79 Å². The summed E-state index contributed by atoms with van der Waals surface area (Å²) in [4.78, 5) is 36.5. The minimum Gasteiger partial charge on any atom is -0.379 e. The number of carbonyl (C=O) groups excluding carboxylic acids is 2. The van der Waals surface area contributed by atoms with Gasteiger partial charge in [0.25, 0.3) is 21.6 Å². The molecule has 0 radical (unpaired) electrons. The highest BCUT2D eigenvalue weighted by Crippen LogP contribution is 2.28. The van der Waals surface area contributed by atoms with Crippen molar-refractivity contribution in [1.82, 2.24) is 4.72 Å². The summed E-state index contributed by atoms with van der Waals surface area (Å²) in [6.45, 7) is 0.401. The predicted octanol–water partition coefficient (Wildman–Crippen LogP) is 6.22. The van der Waals surface area contributed by atoms with E-state index in [9.17, 15) is 28.1 Å². The van der Waals surface area contributed by atoms with Crippen molar-refractivity contribution in [3.05, 3.63) is 129 Å². The van der Waals surface area contributed by atoms with Crippen LogP contribution in [0.25, 0.3) is 6.08 Å². The second-order valence-electron chi connectivity index (χ2n) is 8.91. The fraction of sp³-hybridized carbons (Fsp3) is 0.0667. The van der Waals surface area contributed by atoms with Crippen molar-refractivity contribution >= 4 is 68.3 Å². The first kappa shape index (κ1) is 31.3. The van der Waals surface area contributed by atoms with Crippen LogP contribution in [0.2, 0.25) is 5.02 Å². The van der Waals surface area contributed by atoms with E-state index >= 15 is 0 Å². The molecule has 0 aliphatic rings. The van der Waals surface area contributed by atoms with E-state index in [1.165, 1.54) is 42.5 Å². The number of hydrogen-bond acceptors (Lipinski definition) is 8. The number of sulfonamides is 1. The molecule has 0 spiro atoms. The Labute approximate surface area is 257 Å². The molecule has 220 valence electrons. The van der Waals surface area contributed by atoms with Gasteiger partial charge in [0.1, 0.15) is 5.69 Å². The van der Waals surface area contributed by atoms with Crippen LogP contribution in [0.15, 0.2) is 113 Å². The van der Waals surface area contributed by atoms with Gasteiger partial charge < -0.3 is 10.6 Å². The standard InChI is InChI=1S/C30H25ClN4O6S2/c31-23-11-6-21(7-12-23)8-17-29(36)33-24-13-9-22(10-14-24)30(37)34-43(40,41)26-15-16-27(28(20-26)35(38)39)32-18-19-42-25-4-2-1-3-5-25/h1-17,20,32H,18-19H2,(H,33,36)(H,34,37). The lowest BCUT2D eigenvalue weighted by Gasteiger charge is -2.11. The van der Waals surface area contributed by atoms with Crippen molar-refractivity contribution in [3.63, 3.8) is 0 Å². The van der Waals surface area contributed by atoms with Crippen molar-refractivity contribution in [3.8, 4) is 0 Å². The molecular formula is C30H25ClN4O6S2. The van der Waals surface area contributed by atoms with Gasteiger partial charge in [-0.05, 0) is 72.3 Å². The number of carbonyl (C=O) groups is 2. The number of nitro benzene ring substituents is 1. The van der Waals surface area contributed by atoms with E-state index in [1.807, 2.05) is 35.1 Å². The lowest BCUT2D eigenvalue weighted by molar-refractivity contribution is -0.384. The topological polar surface area (TPSA) is 148 Å². The smallest absolute Gasteiger partial charge is 0.293 e. The molecule has 0 unspecified atom stereocenters. The zero-order valence-electron chi connectivity index (χ0n) is 22.4. The zero-order valence-corrected chi connectivity index (χ0v) is 24.8. The number of nitrogens with one attached hydrogen (secondary N) is 3. The molecule has 0 saturated heterocycles. The van der Waals surface area contributed by atoms with Crippen LogP contribution in [0.5, 0.6) is 0 Å². The molecular weight excluding hydrogens is 612 g/mol. The van der Waals surface area contributed by atoms with E-state index in [2.05, 4.69) is 10.6 Å². The number of amides is 2. The molecule has 3 N–H and O–H groups in total. The monoisotopic (exact) mass is 636 g/mol. The molecule has 10 nitrogen and oxygen atoms in total. The first-order chi connectivity index (χ1) is 20.6. The number of hydrogen-bond donors (Lipinski definition) is 3. The molecule has 0 aliphatic heterocycles. The molecule has 0 saturated carbocycles. The summed E-state index contributed by atoms with van der Waals surface area (Å²) in [7, 11) is -4.43. The molecule has 0 atom stereocenters. The zero-order chi connectivity index (χ0) is 30.8. The van der Waals surface area contributed by atoms with Crippen molar-refractivity contribution < 1.29 is 22.9 Å². The lowest BCUT2D eigenvalue weighted by Crippen LogP contribution is -2.30. The summed E-state index contributed by atoms with van der Waals surface area (Å²) < 4.78 is 27.7.